The molecule has 0 radical (unpaired) electrons. The minimum absolute atomic E-state index is 0.0233. The number of carbonyl (C=O) groups is 2. The van der Waals surface area contributed by atoms with E-state index in [0.717, 1.165) is 0 Å². The van der Waals surface area contributed by atoms with Crippen molar-refractivity contribution >= 4 is 11.9 Å². The number of rotatable bonds is 5. The Morgan fingerprint density at radius 1 is 1.47 bits per heavy atom. The van der Waals surface area contributed by atoms with Crippen LogP contribution in [0.4, 0.5) is 0 Å². The quantitative estimate of drug-likeness (QED) is 0.804. The van der Waals surface area contributed by atoms with E-state index >= 15 is 0 Å². The van der Waals surface area contributed by atoms with Crippen molar-refractivity contribution in [1.82, 2.24) is 15.0 Å². The molecule has 0 amide bonds. The van der Waals surface area contributed by atoms with Crippen molar-refractivity contribution in [3.63, 3.8) is 0 Å². The fraction of sp³-hybridized carbons (Fsp3) is 0.667. The van der Waals surface area contributed by atoms with Crippen LogP contribution >= 0.6 is 0 Å². The molecular formula is C12H19N3O4. The van der Waals surface area contributed by atoms with Crippen LogP contribution in [0.1, 0.15) is 33.4 Å². The minimum Gasteiger partial charge on any atom is -0.481 e. The second kappa shape index (κ2) is 5.81. The Morgan fingerprint density at radius 2 is 2.11 bits per heavy atom. The second-order valence-corrected chi connectivity index (χ2v) is 5.50. The van der Waals surface area contributed by atoms with E-state index in [1.165, 1.54) is 4.68 Å². The summed E-state index contributed by atoms with van der Waals surface area (Å²) in [6.45, 7) is 6.86. The first kappa shape index (κ1) is 15.1. The fourth-order valence-electron chi connectivity index (χ4n) is 1.24. The zero-order chi connectivity index (χ0) is 14.6. The predicted octanol–water partition coefficient (Wildman–Crippen LogP) is 1.09. The summed E-state index contributed by atoms with van der Waals surface area (Å²) in [6.07, 6.45) is 1.87. The van der Waals surface area contributed by atoms with Gasteiger partial charge in [0.05, 0.1) is 23.2 Å². The standard InChI is InChI=1S/C12H19N3O4/c1-8(10(16)17)5-9-6-15(14-13-9)7-19-11(18)12(2,3)4/h6,8H,5,7H2,1-4H3,(H,16,17)/t8-/m0/s1. The first-order chi connectivity index (χ1) is 8.70. The molecule has 1 aromatic rings. The SMILES string of the molecule is C[C@@H](Cc1cn(COC(=O)C(C)(C)C)nn1)C(=O)O. The Hall–Kier alpha value is -1.92. The van der Waals surface area contributed by atoms with Crippen molar-refractivity contribution in [2.45, 2.75) is 40.8 Å². The number of carboxylic acids is 1. The van der Waals surface area contributed by atoms with Crippen LogP contribution in [0, 0.1) is 11.3 Å². The van der Waals surface area contributed by atoms with Gasteiger partial charge in [0.25, 0.3) is 0 Å². The Labute approximate surface area is 111 Å². The molecule has 1 aromatic heterocycles. The molecule has 106 valence electrons. The van der Waals surface area contributed by atoms with Crippen molar-refractivity contribution in [3.05, 3.63) is 11.9 Å². The van der Waals surface area contributed by atoms with E-state index in [9.17, 15) is 9.59 Å². The molecule has 0 aromatic carbocycles. The third kappa shape index (κ3) is 4.69. The Balaban J connectivity index is 2.52. The van der Waals surface area contributed by atoms with Crippen LogP contribution in [0.15, 0.2) is 6.20 Å². The Bertz CT molecular complexity index is 462. The third-order valence-electron chi connectivity index (χ3n) is 2.46. The van der Waals surface area contributed by atoms with Gasteiger partial charge in [-0.05, 0) is 20.8 Å². The van der Waals surface area contributed by atoms with Gasteiger partial charge in [0.2, 0.25) is 0 Å². The summed E-state index contributed by atoms with van der Waals surface area (Å²) in [5.74, 6) is -1.74. The van der Waals surface area contributed by atoms with Crippen molar-refractivity contribution in [1.29, 1.82) is 0 Å². The van der Waals surface area contributed by atoms with Gasteiger partial charge in [-0.3, -0.25) is 9.59 Å². The number of aliphatic carboxylic acids is 1. The average molecular weight is 269 g/mol. The van der Waals surface area contributed by atoms with Gasteiger partial charge in [0.1, 0.15) is 0 Å². The lowest BCUT2D eigenvalue weighted by Crippen LogP contribution is -2.24. The lowest BCUT2D eigenvalue weighted by molar-refractivity contribution is -0.157. The predicted molar refractivity (Wildman–Crippen MR) is 66.1 cm³/mol. The highest BCUT2D eigenvalue weighted by Gasteiger charge is 2.23. The zero-order valence-corrected chi connectivity index (χ0v) is 11.6. The first-order valence-electron chi connectivity index (χ1n) is 5.99. The molecule has 0 fully saturated rings. The number of carboxylic acid groups (broad SMARTS) is 1. The summed E-state index contributed by atoms with van der Waals surface area (Å²) in [5, 5.41) is 16.4. The van der Waals surface area contributed by atoms with Crippen molar-refractivity contribution in [3.8, 4) is 0 Å². The number of hydrogen-bond donors (Lipinski definition) is 1. The summed E-state index contributed by atoms with van der Waals surface area (Å²) in [7, 11) is 0. The molecule has 1 atom stereocenters. The number of ether oxygens (including phenoxy) is 1. The molecule has 0 aliphatic carbocycles. The van der Waals surface area contributed by atoms with Crippen LogP contribution in [-0.4, -0.2) is 32.0 Å². The topological polar surface area (TPSA) is 94.3 Å². The summed E-state index contributed by atoms with van der Waals surface area (Å²) < 4.78 is 6.43. The van der Waals surface area contributed by atoms with Crippen LogP contribution in [0.2, 0.25) is 0 Å². The largest absolute Gasteiger partial charge is 0.481 e. The van der Waals surface area contributed by atoms with E-state index in [2.05, 4.69) is 10.3 Å². The van der Waals surface area contributed by atoms with E-state index in [0.29, 0.717) is 12.1 Å². The molecule has 1 heterocycles. The smallest absolute Gasteiger partial charge is 0.313 e. The monoisotopic (exact) mass is 269 g/mol. The lowest BCUT2D eigenvalue weighted by Gasteiger charge is -2.15. The van der Waals surface area contributed by atoms with Crippen LogP contribution in [0.5, 0.6) is 0 Å². The molecule has 0 aliphatic heterocycles. The van der Waals surface area contributed by atoms with Crippen LogP contribution < -0.4 is 0 Å². The Kier molecular flexibility index (Phi) is 4.63. The zero-order valence-electron chi connectivity index (χ0n) is 11.6. The minimum atomic E-state index is -0.881. The normalized spacial score (nSPS) is 13.1. The van der Waals surface area contributed by atoms with Crippen molar-refractivity contribution in [2.75, 3.05) is 0 Å². The highest BCUT2D eigenvalue weighted by molar-refractivity contribution is 5.75. The van der Waals surface area contributed by atoms with Gasteiger partial charge in [0.15, 0.2) is 6.73 Å². The molecule has 1 rings (SSSR count). The molecule has 0 saturated heterocycles. The number of esters is 1. The molecule has 0 unspecified atom stereocenters. The highest BCUT2D eigenvalue weighted by atomic mass is 16.5. The van der Waals surface area contributed by atoms with Crippen molar-refractivity contribution in [2.24, 2.45) is 11.3 Å². The first-order valence-corrected chi connectivity index (χ1v) is 5.99. The average Bonchev–Trinajstić information content (AvgIpc) is 2.72. The maximum atomic E-state index is 11.6. The van der Waals surface area contributed by atoms with Crippen LogP contribution in [-0.2, 0) is 27.5 Å². The number of aromatic nitrogens is 3. The molecule has 7 heteroatoms. The summed E-state index contributed by atoms with van der Waals surface area (Å²) in [5.41, 5.74) is -0.0111. The summed E-state index contributed by atoms with van der Waals surface area (Å²) in [4.78, 5) is 22.3. The molecule has 0 bridgehead atoms. The van der Waals surface area contributed by atoms with Crippen LogP contribution in [0.3, 0.4) is 0 Å². The summed E-state index contributed by atoms with van der Waals surface area (Å²) in [6, 6.07) is 0. The maximum Gasteiger partial charge on any atom is 0.313 e. The van der Waals surface area contributed by atoms with Crippen molar-refractivity contribution < 1.29 is 19.4 Å². The molecule has 1 N–H and O–H groups in total. The number of nitrogens with zero attached hydrogens (tertiary/aromatic N) is 3. The van der Waals surface area contributed by atoms with E-state index < -0.39 is 17.3 Å². The van der Waals surface area contributed by atoms with Gasteiger partial charge in [-0.15, -0.1) is 5.10 Å². The van der Waals surface area contributed by atoms with Gasteiger partial charge in [-0.25, -0.2) is 4.68 Å². The third-order valence-corrected chi connectivity index (χ3v) is 2.46. The highest BCUT2D eigenvalue weighted by Crippen LogP contribution is 2.15. The van der Waals surface area contributed by atoms with E-state index in [1.54, 1.807) is 33.9 Å². The molecule has 7 nitrogen and oxygen atoms in total. The second-order valence-electron chi connectivity index (χ2n) is 5.50. The van der Waals surface area contributed by atoms with Gasteiger partial charge >= 0.3 is 11.9 Å². The molecule has 0 saturated carbocycles. The summed E-state index contributed by atoms with van der Waals surface area (Å²) >= 11 is 0. The number of carbonyl (C=O) groups excluding carboxylic acids is 1. The molecule has 0 spiro atoms. The van der Waals surface area contributed by atoms with Crippen LogP contribution in [0.25, 0.3) is 0 Å². The Morgan fingerprint density at radius 3 is 2.63 bits per heavy atom. The van der Waals surface area contributed by atoms with E-state index in [-0.39, 0.29) is 12.7 Å². The van der Waals surface area contributed by atoms with Gasteiger partial charge < -0.3 is 9.84 Å². The van der Waals surface area contributed by atoms with E-state index in [4.69, 9.17) is 9.84 Å². The molecule has 0 aliphatic rings. The van der Waals surface area contributed by atoms with Gasteiger partial charge in [-0.2, -0.15) is 0 Å². The fourth-order valence-corrected chi connectivity index (χ4v) is 1.24. The molecule has 19 heavy (non-hydrogen) atoms. The lowest BCUT2D eigenvalue weighted by atomic mass is 9.98. The maximum absolute atomic E-state index is 11.6. The number of hydrogen-bond acceptors (Lipinski definition) is 5. The van der Waals surface area contributed by atoms with Gasteiger partial charge in [-0.1, -0.05) is 12.1 Å². The van der Waals surface area contributed by atoms with Gasteiger partial charge in [0, 0.05) is 6.42 Å². The van der Waals surface area contributed by atoms with E-state index in [1.807, 2.05) is 0 Å². The molecular weight excluding hydrogens is 250 g/mol.